The number of hydrogen-bond acceptors (Lipinski definition) is 6. The molecule has 2 heterocycles. The van der Waals surface area contributed by atoms with Crippen LogP contribution in [0.5, 0.6) is 5.75 Å². The molecule has 0 radical (unpaired) electrons. The summed E-state index contributed by atoms with van der Waals surface area (Å²) in [6.45, 7) is 3.93. The Morgan fingerprint density at radius 3 is 2.84 bits per heavy atom. The zero-order valence-corrected chi connectivity index (χ0v) is 18.6. The molecular weight excluding hydrogens is 420 g/mol. The average Bonchev–Trinajstić information content (AvgIpc) is 3.19. The van der Waals surface area contributed by atoms with Crippen molar-refractivity contribution in [3.63, 3.8) is 0 Å². The third-order valence-corrected chi connectivity index (χ3v) is 6.18. The molecule has 2 aromatic heterocycles. The van der Waals surface area contributed by atoms with Crippen molar-refractivity contribution in [2.75, 3.05) is 6.61 Å². The van der Waals surface area contributed by atoms with Crippen LogP contribution in [-0.4, -0.2) is 44.7 Å². The molecule has 32 heavy (non-hydrogen) atoms. The topological polar surface area (TPSA) is 91.2 Å². The normalized spacial score (nSPS) is 24.1. The molecule has 2 aromatic rings. The molecule has 4 rings (SSSR count). The predicted octanol–water partition coefficient (Wildman–Crippen LogP) is 4.27. The van der Waals surface area contributed by atoms with E-state index in [0.717, 1.165) is 24.3 Å². The van der Waals surface area contributed by atoms with E-state index in [9.17, 15) is 13.6 Å². The Morgan fingerprint density at radius 2 is 2.16 bits per heavy atom. The molecule has 176 valence electrons. The van der Waals surface area contributed by atoms with Gasteiger partial charge in [-0.2, -0.15) is 0 Å². The summed E-state index contributed by atoms with van der Waals surface area (Å²) in [7, 11) is 1.71. The van der Waals surface area contributed by atoms with Crippen LogP contribution in [0.4, 0.5) is 13.6 Å². The van der Waals surface area contributed by atoms with Gasteiger partial charge >= 0.3 is 6.09 Å². The zero-order chi connectivity index (χ0) is 22.9. The van der Waals surface area contributed by atoms with E-state index in [-0.39, 0.29) is 27.1 Å². The first-order valence-corrected chi connectivity index (χ1v) is 11.0. The molecule has 8 nitrogen and oxygen atoms in total. The fourth-order valence-electron chi connectivity index (χ4n) is 4.08. The molecule has 1 amide bonds. The van der Waals surface area contributed by atoms with Crippen molar-refractivity contribution in [3.05, 3.63) is 23.5 Å². The number of alkyl carbamates (subject to hydrolysis) is 1. The van der Waals surface area contributed by atoms with Crippen LogP contribution in [0.2, 0.25) is 0 Å². The summed E-state index contributed by atoms with van der Waals surface area (Å²) in [6.07, 6.45) is 3.76. The number of carbonyl (C=O) groups is 1. The van der Waals surface area contributed by atoms with Crippen molar-refractivity contribution in [1.29, 1.82) is 0 Å². The summed E-state index contributed by atoms with van der Waals surface area (Å²) >= 11 is 0. The van der Waals surface area contributed by atoms with Crippen molar-refractivity contribution in [3.8, 4) is 17.1 Å². The van der Waals surface area contributed by atoms with Crippen LogP contribution in [0.25, 0.3) is 11.4 Å². The van der Waals surface area contributed by atoms with Crippen LogP contribution in [0.15, 0.2) is 12.1 Å². The molecule has 0 spiro atoms. The maximum atomic E-state index is 12.9. The summed E-state index contributed by atoms with van der Waals surface area (Å²) < 4.78 is 38.4. The fraction of sp³-hybridized carbons (Fsp3) is 0.636. The molecule has 2 aliphatic rings. The minimum Gasteiger partial charge on any atom is -0.489 e. The Balaban J connectivity index is 0.00000306. The lowest BCUT2D eigenvalue weighted by atomic mass is 9.89. The number of ether oxygens (including phenoxy) is 2. The molecular formula is C22H31F2N5O3. The van der Waals surface area contributed by atoms with Crippen molar-refractivity contribution >= 4 is 6.09 Å². The Labute approximate surface area is 187 Å². The van der Waals surface area contributed by atoms with Gasteiger partial charge < -0.3 is 14.8 Å². The van der Waals surface area contributed by atoms with E-state index in [1.807, 2.05) is 19.1 Å². The molecule has 0 unspecified atom stereocenters. The second-order valence-corrected chi connectivity index (χ2v) is 8.91. The van der Waals surface area contributed by atoms with Crippen molar-refractivity contribution in [2.24, 2.45) is 18.9 Å². The monoisotopic (exact) mass is 451 g/mol. The first-order valence-electron chi connectivity index (χ1n) is 11.0. The number of amides is 1. The number of nitrogens with zero attached hydrogens (tertiary/aromatic N) is 4. The van der Waals surface area contributed by atoms with Crippen LogP contribution < -0.4 is 10.1 Å². The van der Waals surface area contributed by atoms with E-state index >= 15 is 0 Å². The first kappa shape index (κ1) is 22.4. The predicted molar refractivity (Wildman–Crippen MR) is 114 cm³/mol. The van der Waals surface area contributed by atoms with Gasteiger partial charge in [0.05, 0.1) is 35.6 Å². The van der Waals surface area contributed by atoms with Crippen LogP contribution in [0.1, 0.15) is 51.8 Å². The molecule has 10 heteroatoms. The molecule has 0 aromatic carbocycles. The Hall–Kier alpha value is -2.78. The van der Waals surface area contributed by atoms with E-state index in [2.05, 4.69) is 27.5 Å². The highest BCUT2D eigenvalue weighted by molar-refractivity contribution is 5.68. The first-order chi connectivity index (χ1) is 15.2. The van der Waals surface area contributed by atoms with Crippen LogP contribution in [0.3, 0.4) is 0 Å². The maximum Gasteiger partial charge on any atom is 0.407 e. The molecule has 0 saturated heterocycles. The van der Waals surface area contributed by atoms with Gasteiger partial charge in [-0.05, 0) is 44.2 Å². The van der Waals surface area contributed by atoms with E-state index in [4.69, 9.17) is 9.47 Å². The third-order valence-electron chi connectivity index (χ3n) is 6.18. The van der Waals surface area contributed by atoms with Crippen molar-refractivity contribution in [1.82, 2.24) is 25.3 Å². The number of pyridine rings is 1. The molecule has 2 saturated carbocycles. The number of rotatable bonds is 7. The highest BCUT2D eigenvalue weighted by atomic mass is 19.3. The lowest BCUT2D eigenvalue weighted by Crippen LogP contribution is -2.26. The summed E-state index contributed by atoms with van der Waals surface area (Å²) in [4.78, 5) is 16.5. The molecule has 3 atom stereocenters. The molecule has 0 bridgehead atoms. The summed E-state index contributed by atoms with van der Waals surface area (Å²) in [5.41, 5.74) is 2.53. The highest BCUT2D eigenvalue weighted by Crippen LogP contribution is 2.48. The van der Waals surface area contributed by atoms with Gasteiger partial charge in [-0.3, -0.25) is 0 Å². The van der Waals surface area contributed by atoms with Crippen LogP contribution in [0, 0.1) is 18.8 Å². The van der Waals surface area contributed by atoms with Gasteiger partial charge in [0.2, 0.25) is 0 Å². The number of carbonyl (C=O) groups excluding carboxylic acids is 1. The summed E-state index contributed by atoms with van der Waals surface area (Å²) in [5.74, 6) is -2.17. The Kier molecular flexibility index (Phi) is 6.30. The standard InChI is InChI=1S/C22H29F2N5O3.H2/c1-13-5-4-6-16(9-13)32-19-8-7-17(26-14(19)2)20-18(29(3)28-27-20)11-25-21(30)31-12-15-10-22(15,23)24;/h7-8,13,15-16H,4-6,9-12H2,1-3H3,(H,25,30);1H/t13-,15-,16-;/m0./s1. The second-order valence-electron chi connectivity index (χ2n) is 8.91. The third kappa shape index (κ3) is 5.16. The molecule has 2 fully saturated rings. The number of halogens is 2. The van der Waals surface area contributed by atoms with Crippen molar-refractivity contribution < 1.29 is 24.5 Å². The Bertz CT molecular complexity index is 987. The number of alkyl halides is 2. The Morgan fingerprint density at radius 1 is 1.38 bits per heavy atom. The lowest BCUT2D eigenvalue weighted by molar-refractivity contribution is 0.0724. The van der Waals surface area contributed by atoms with E-state index in [1.165, 1.54) is 17.5 Å². The zero-order valence-electron chi connectivity index (χ0n) is 18.6. The molecule has 0 aliphatic heterocycles. The minimum absolute atomic E-state index is 0. The smallest absolute Gasteiger partial charge is 0.407 e. The van der Waals surface area contributed by atoms with Crippen LogP contribution in [-0.2, 0) is 18.3 Å². The van der Waals surface area contributed by atoms with Gasteiger partial charge in [-0.1, -0.05) is 18.6 Å². The highest BCUT2D eigenvalue weighted by Gasteiger charge is 2.57. The fourth-order valence-corrected chi connectivity index (χ4v) is 4.08. The van der Waals surface area contributed by atoms with Crippen molar-refractivity contribution in [2.45, 2.75) is 64.5 Å². The van der Waals surface area contributed by atoms with E-state index < -0.39 is 17.9 Å². The van der Waals surface area contributed by atoms with Gasteiger partial charge in [-0.25, -0.2) is 23.2 Å². The number of aryl methyl sites for hydroxylation is 2. The van der Waals surface area contributed by atoms with Gasteiger partial charge in [0, 0.05) is 14.9 Å². The second kappa shape index (κ2) is 8.99. The van der Waals surface area contributed by atoms with Gasteiger partial charge in [-0.15, -0.1) is 5.10 Å². The minimum atomic E-state index is -2.71. The maximum absolute atomic E-state index is 12.9. The lowest BCUT2D eigenvalue weighted by Gasteiger charge is -2.27. The molecule has 1 N–H and O–H groups in total. The average molecular weight is 452 g/mol. The summed E-state index contributed by atoms with van der Waals surface area (Å²) in [5, 5.41) is 10.8. The largest absolute Gasteiger partial charge is 0.489 e. The van der Waals surface area contributed by atoms with Crippen LogP contribution >= 0.6 is 0 Å². The number of nitrogens with one attached hydrogen (secondary N) is 1. The van der Waals surface area contributed by atoms with E-state index in [1.54, 1.807) is 7.05 Å². The van der Waals surface area contributed by atoms with E-state index in [0.29, 0.717) is 23.0 Å². The quantitative estimate of drug-likeness (QED) is 0.676. The molecule has 2 aliphatic carbocycles. The SMILES string of the molecule is Cc1nc(-c2nnn(C)c2CNC(=O)OC[C@@H]2CC2(F)F)ccc1O[C@H]1CCC[C@H](C)C1.[HH]. The summed E-state index contributed by atoms with van der Waals surface area (Å²) in [6, 6.07) is 3.72. The van der Waals surface area contributed by atoms with Gasteiger partial charge in [0.15, 0.2) is 0 Å². The van der Waals surface area contributed by atoms with Gasteiger partial charge in [0.25, 0.3) is 5.92 Å². The number of hydrogen-bond donors (Lipinski definition) is 1. The van der Waals surface area contributed by atoms with Gasteiger partial charge in [0.1, 0.15) is 18.1 Å². The number of aromatic nitrogens is 4.